The number of carbonyl (C=O) groups is 2. The van der Waals surface area contributed by atoms with E-state index in [9.17, 15) is 9.59 Å². The number of halogens is 1. The number of nitrogens with one attached hydrogen (secondary N) is 1. The lowest BCUT2D eigenvalue weighted by Crippen LogP contribution is -2.16. The van der Waals surface area contributed by atoms with Gasteiger partial charge in [0.05, 0.1) is 6.42 Å². The van der Waals surface area contributed by atoms with Gasteiger partial charge in [-0.15, -0.1) is 0 Å². The Morgan fingerprint density at radius 1 is 1.15 bits per heavy atom. The second-order valence-electron chi connectivity index (χ2n) is 4.03. The number of pyridine rings is 1. The molecule has 0 saturated carbocycles. The van der Waals surface area contributed by atoms with Crippen LogP contribution >= 0.6 is 11.6 Å². The van der Waals surface area contributed by atoms with Gasteiger partial charge in [0.15, 0.2) is 5.69 Å². The molecule has 0 unspecified atom stereocenters. The Morgan fingerprint density at radius 3 is 2.60 bits per heavy atom. The molecule has 0 bridgehead atoms. The number of carboxylic acid groups (broad SMARTS) is 1. The van der Waals surface area contributed by atoms with Gasteiger partial charge in [0.25, 0.3) is 0 Å². The van der Waals surface area contributed by atoms with E-state index in [0.29, 0.717) is 10.6 Å². The Bertz CT molecular complexity index is 658. The molecular formula is C14H11ClN2O3. The fourth-order valence-electron chi connectivity index (χ4n) is 1.63. The molecule has 0 radical (unpaired) electrons. The van der Waals surface area contributed by atoms with Gasteiger partial charge in [-0.1, -0.05) is 35.9 Å². The van der Waals surface area contributed by atoms with Gasteiger partial charge in [-0.3, -0.25) is 4.79 Å². The van der Waals surface area contributed by atoms with Crippen molar-refractivity contribution in [1.29, 1.82) is 0 Å². The fraction of sp³-hybridized carbons (Fsp3) is 0.0714. The van der Waals surface area contributed by atoms with Crippen LogP contribution in [0, 0.1) is 0 Å². The van der Waals surface area contributed by atoms with Crippen LogP contribution in [0.5, 0.6) is 0 Å². The molecule has 20 heavy (non-hydrogen) atoms. The molecule has 2 rings (SSSR count). The van der Waals surface area contributed by atoms with E-state index in [-0.39, 0.29) is 23.8 Å². The van der Waals surface area contributed by atoms with Crippen LogP contribution in [0.4, 0.5) is 5.82 Å². The molecule has 1 aromatic heterocycles. The maximum atomic E-state index is 11.9. The molecule has 0 atom stereocenters. The summed E-state index contributed by atoms with van der Waals surface area (Å²) in [7, 11) is 0. The van der Waals surface area contributed by atoms with Gasteiger partial charge < -0.3 is 10.4 Å². The summed E-state index contributed by atoms with van der Waals surface area (Å²) in [6.07, 6.45) is 0.0959. The number of amides is 1. The van der Waals surface area contributed by atoms with Crippen molar-refractivity contribution in [3.8, 4) is 0 Å². The number of hydrogen-bond acceptors (Lipinski definition) is 3. The first kappa shape index (κ1) is 14.0. The predicted molar refractivity (Wildman–Crippen MR) is 75.0 cm³/mol. The maximum Gasteiger partial charge on any atom is 0.354 e. The Labute approximate surface area is 120 Å². The lowest BCUT2D eigenvalue weighted by Gasteiger charge is -2.06. The molecule has 0 fully saturated rings. The third-order valence-electron chi connectivity index (χ3n) is 2.54. The van der Waals surface area contributed by atoms with Gasteiger partial charge >= 0.3 is 5.97 Å². The molecule has 2 N–H and O–H groups in total. The number of carbonyl (C=O) groups excluding carboxylic acids is 1. The summed E-state index contributed by atoms with van der Waals surface area (Å²) >= 11 is 5.96. The van der Waals surface area contributed by atoms with E-state index in [1.165, 1.54) is 18.2 Å². The number of carboxylic acids is 1. The van der Waals surface area contributed by atoms with Crippen molar-refractivity contribution in [2.75, 3.05) is 5.32 Å². The average molecular weight is 291 g/mol. The van der Waals surface area contributed by atoms with E-state index >= 15 is 0 Å². The van der Waals surface area contributed by atoms with E-state index in [1.807, 2.05) is 0 Å². The minimum Gasteiger partial charge on any atom is -0.477 e. The topological polar surface area (TPSA) is 79.3 Å². The van der Waals surface area contributed by atoms with Gasteiger partial charge in [-0.2, -0.15) is 0 Å². The van der Waals surface area contributed by atoms with Crippen LogP contribution in [0.3, 0.4) is 0 Å². The highest BCUT2D eigenvalue weighted by atomic mass is 35.5. The van der Waals surface area contributed by atoms with E-state index in [2.05, 4.69) is 10.3 Å². The van der Waals surface area contributed by atoms with E-state index < -0.39 is 5.97 Å². The second-order valence-corrected chi connectivity index (χ2v) is 4.44. The molecule has 2 aromatic rings. The van der Waals surface area contributed by atoms with Crippen LogP contribution in [0.25, 0.3) is 0 Å². The number of nitrogens with zero attached hydrogens (tertiary/aromatic N) is 1. The molecule has 5 nitrogen and oxygen atoms in total. The molecule has 102 valence electrons. The van der Waals surface area contributed by atoms with Crippen molar-refractivity contribution >= 4 is 29.3 Å². The zero-order valence-corrected chi connectivity index (χ0v) is 11.1. The summed E-state index contributed by atoms with van der Waals surface area (Å²) < 4.78 is 0. The molecule has 1 heterocycles. The van der Waals surface area contributed by atoms with Gasteiger partial charge in [0.1, 0.15) is 5.82 Å². The van der Waals surface area contributed by atoms with Gasteiger partial charge in [0, 0.05) is 5.02 Å². The molecule has 0 aliphatic rings. The molecule has 6 heteroatoms. The standard InChI is InChI=1S/C14H11ClN2O3/c15-10-5-2-1-4-9(10)8-13(18)17-12-7-3-6-11(16-12)14(19)20/h1-7H,8H2,(H,19,20)(H,16,17,18). The first-order chi connectivity index (χ1) is 9.56. The summed E-state index contributed by atoms with van der Waals surface area (Å²) in [5.41, 5.74) is 0.571. The number of rotatable bonds is 4. The molecule has 0 aliphatic carbocycles. The van der Waals surface area contributed by atoms with Crippen LogP contribution in [0.15, 0.2) is 42.5 Å². The SMILES string of the molecule is O=C(Cc1ccccc1Cl)Nc1cccc(C(=O)O)n1. The van der Waals surface area contributed by atoms with Crippen LogP contribution in [-0.4, -0.2) is 22.0 Å². The minimum absolute atomic E-state index is 0.0959. The zero-order chi connectivity index (χ0) is 14.5. The van der Waals surface area contributed by atoms with Crippen molar-refractivity contribution < 1.29 is 14.7 Å². The van der Waals surface area contributed by atoms with Gasteiger partial charge in [-0.25, -0.2) is 9.78 Å². The van der Waals surface area contributed by atoms with Crippen molar-refractivity contribution in [1.82, 2.24) is 4.98 Å². The molecule has 0 aliphatic heterocycles. The number of anilines is 1. The number of hydrogen-bond donors (Lipinski definition) is 2. The first-order valence-electron chi connectivity index (χ1n) is 5.80. The quantitative estimate of drug-likeness (QED) is 0.907. The number of aromatic carboxylic acids is 1. The Balaban J connectivity index is 2.07. The van der Waals surface area contributed by atoms with Crippen molar-refractivity contribution in [3.63, 3.8) is 0 Å². The third kappa shape index (κ3) is 3.55. The molecule has 1 aromatic carbocycles. The molecule has 0 spiro atoms. The summed E-state index contributed by atoms with van der Waals surface area (Å²) in [5, 5.41) is 11.9. The third-order valence-corrected chi connectivity index (χ3v) is 2.91. The van der Waals surface area contributed by atoms with Gasteiger partial charge in [-0.05, 0) is 23.8 Å². The largest absolute Gasteiger partial charge is 0.477 e. The Hall–Kier alpha value is -2.40. The Kier molecular flexibility index (Phi) is 4.32. The van der Waals surface area contributed by atoms with Crippen LogP contribution in [0.2, 0.25) is 5.02 Å². The second kappa shape index (κ2) is 6.16. The first-order valence-corrected chi connectivity index (χ1v) is 6.17. The van der Waals surface area contributed by atoms with Gasteiger partial charge in [0.2, 0.25) is 5.91 Å². The highest BCUT2D eigenvalue weighted by molar-refractivity contribution is 6.31. The van der Waals surface area contributed by atoms with Crippen LogP contribution < -0.4 is 5.32 Å². The van der Waals surface area contributed by atoms with Crippen molar-refractivity contribution in [2.24, 2.45) is 0 Å². The zero-order valence-electron chi connectivity index (χ0n) is 10.3. The summed E-state index contributed by atoms with van der Waals surface area (Å²) in [4.78, 5) is 26.5. The van der Waals surface area contributed by atoms with E-state index in [4.69, 9.17) is 16.7 Å². The smallest absolute Gasteiger partial charge is 0.354 e. The highest BCUT2D eigenvalue weighted by Gasteiger charge is 2.09. The van der Waals surface area contributed by atoms with E-state index in [1.54, 1.807) is 24.3 Å². The monoisotopic (exact) mass is 290 g/mol. The lowest BCUT2D eigenvalue weighted by molar-refractivity contribution is -0.115. The normalized spacial score (nSPS) is 10.1. The lowest BCUT2D eigenvalue weighted by atomic mass is 10.1. The van der Waals surface area contributed by atoms with E-state index in [0.717, 1.165) is 0 Å². The number of benzene rings is 1. The molecule has 0 saturated heterocycles. The van der Waals surface area contributed by atoms with Crippen molar-refractivity contribution in [3.05, 3.63) is 58.7 Å². The average Bonchev–Trinajstić information content (AvgIpc) is 2.41. The predicted octanol–water partition coefficient (Wildman–Crippen LogP) is 2.61. The molecular weight excluding hydrogens is 280 g/mol. The summed E-state index contributed by atoms with van der Waals surface area (Å²) in [6, 6.07) is 11.4. The fourth-order valence-corrected chi connectivity index (χ4v) is 1.83. The molecule has 1 amide bonds. The summed E-state index contributed by atoms with van der Waals surface area (Å²) in [6.45, 7) is 0. The Morgan fingerprint density at radius 2 is 1.90 bits per heavy atom. The summed E-state index contributed by atoms with van der Waals surface area (Å²) in [5.74, 6) is -1.26. The maximum absolute atomic E-state index is 11.9. The van der Waals surface area contributed by atoms with Crippen LogP contribution in [-0.2, 0) is 11.2 Å². The minimum atomic E-state index is -1.15. The highest BCUT2D eigenvalue weighted by Crippen LogP contribution is 2.16. The van der Waals surface area contributed by atoms with Crippen LogP contribution in [0.1, 0.15) is 16.1 Å². The number of aromatic nitrogens is 1. The van der Waals surface area contributed by atoms with Crippen molar-refractivity contribution in [2.45, 2.75) is 6.42 Å².